The number of hydrogen-bond donors (Lipinski definition) is 0. The largest absolute Gasteiger partial charge is 0.455 e. The van der Waals surface area contributed by atoms with E-state index in [9.17, 15) is 0 Å². The summed E-state index contributed by atoms with van der Waals surface area (Å²) in [6.45, 7) is 4.75. The van der Waals surface area contributed by atoms with Crippen molar-refractivity contribution in [1.29, 1.82) is 0 Å². The Morgan fingerprint density at radius 3 is 1.39 bits per heavy atom. The Kier molecular flexibility index (Phi) is 9.65. The van der Waals surface area contributed by atoms with Crippen molar-refractivity contribution in [2.24, 2.45) is 0 Å². The molecule has 0 saturated carbocycles. The summed E-state index contributed by atoms with van der Waals surface area (Å²) in [5.74, 6) is 0. The zero-order valence-corrected chi connectivity index (χ0v) is 41.7. The first-order valence-electron chi connectivity index (χ1n) is 26.1. The van der Waals surface area contributed by atoms with E-state index in [0.717, 1.165) is 50.1 Å². The fourth-order valence-electron chi connectivity index (χ4n) is 13.0. The van der Waals surface area contributed by atoms with Crippen LogP contribution < -0.4 is 4.90 Å². The van der Waals surface area contributed by atoms with Crippen molar-refractivity contribution in [2.45, 2.75) is 19.3 Å². The highest BCUT2D eigenvalue weighted by Crippen LogP contribution is 2.63. The van der Waals surface area contributed by atoms with Gasteiger partial charge in [-0.1, -0.05) is 244 Å². The van der Waals surface area contributed by atoms with Gasteiger partial charge in [0, 0.05) is 38.4 Å². The highest BCUT2D eigenvalue weighted by molar-refractivity contribution is 6.27. The monoisotopic (exact) mass is 955 g/mol. The third-order valence-electron chi connectivity index (χ3n) is 16.2. The molecule has 13 aromatic rings. The first kappa shape index (κ1) is 43.1. The lowest BCUT2D eigenvalue weighted by molar-refractivity contribution is 0.660. The number of benzene rings is 12. The molecule has 0 N–H and O–H groups in total. The van der Waals surface area contributed by atoms with Gasteiger partial charge in [0.2, 0.25) is 0 Å². The van der Waals surface area contributed by atoms with E-state index in [-0.39, 0.29) is 5.41 Å². The standard InChI is InChI=1S/C73H49NO/c1-73(2)59-36-17-15-31-55(59)69-60(73)37-21-38-62(69)74(51-42-40-46(41-43-51)52-32-19-33-54-53-30-16-18-39-63(53)75-72(52)54)61-45-44-58-68-56(61)34-20-35-57(68)70-66(49-26-11-5-12-27-49)64(47-22-7-3-8-23-47)65(48-24-9-4-10-25-48)67(71(58)70)50-28-13-6-14-29-50/h3-45H,1-2H3. The molecule has 0 fully saturated rings. The molecule has 352 valence electrons. The number of anilines is 3. The van der Waals surface area contributed by atoms with Crippen LogP contribution in [0, 0.1) is 0 Å². The van der Waals surface area contributed by atoms with E-state index in [1.165, 1.54) is 99.8 Å². The zero-order valence-electron chi connectivity index (χ0n) is 41.7. The maximum atomic E-state index is 6.59. The van der Waals surface area contributed by atoms with Crippen LogP contribution in [0.3, 0.4) is 0 Å². The fraction of sp³-hybridized carbons (Fsp3) is 0.0411. The van der Waals surface area contributed by atoms with Crippen molar-refractivity contribution < 1.29 is 4.42 Å². The van der Waals surface area contributed by atoms with Gasteiger partial charge in [-0.05, 0) is 125 Å². The first-order valence-corrected chi connectivity index (χ1v) is 26.1. The van der Waals surface area contributed by atoms with Gasteiger partial charge >= 0.3 is 0 Å². The summed E-state index contributed by atoms with van der Waals surface area (Å²) in [6.07, 6.45) is 0. The SMILES string of the molecule is CC1(C)c2ccccc2-c2c(N(c3ccc(-c4cccc5c4oc4ccccc45)cc3)c3ccc4c5c(cccc35)-c3c(-c5ccccc5)c(-c5ccccc5)c(-c5ccccc5)c(-c5ccccc5)c3-4)cccc21. The first-order chi connectivity index (χ1) is 37.0. The Morgan fingerprint density at radius 2 is 0.760 bits per heavy atom. The molecular formula is C73H49NO. The molecule has 0 unspecified atom stereocenters. The number of rotatable bonds is 8. The van der Waals surface area contributed by atoms with Crippen LogP contribution in [0.5, 0.6) is 0 Å². The number of furan rings is 1. The lowest BCUT2D eigenvalue weighted by atomic mass is 9.76. The van der Waals surface area contributed by atoms with E-state index in [0.29, 0.717) is 0 Å². The molecule has 0 radical (unpaired) electrons. The Morgan fingerprint density at radius 1 is 0.293 bits per heavy atom. The summed E-state index contributed by atoms with van der Waals surface area (Å²) in [5, 5.41) is 4.71. The van der Waals surface area contributed by atoms with E-state index >= 15 is 0 Å². The molecule has 2 aliphatic rings. The highest BCUT2D eigenvalue weighted by atomic mass is 16.3. The predicted octanol–water partition coefficient (Wildman–Crippen LogP) is 20.5. The van der Waals surface area contributed by atoms with Gasteiger partial charge in [-0.15, -0.1) is 0 Å². The van der Waals surface area contributed by atoms with Crippen LogP contribution in [-0.2, 0) is 5.41 Å². The average molecular weight is 956 g/mol. The van der Waals surface area contributed by atoms with Gasteiger partial charge in [0.05, 0.1) is 11.4 Å². The van der Waals surface area contributed by atoms with Crippen molar-refractivity contribution in [3.8, 4) is 89.0 Å². The van der Waals surface area contributed by atoms with Crippen LogP contribution in [0.25, 0.3) is 122 Å². The zero-order chi connectivity index (χ0) is 49.8. The van der Waals surface area contributed by atoms with Crippen molar-refractivity contribution in [3.05, 3.63) is 272 Å². The molecule has 1 aromatic heterocycles. The van der Waals surface area contributed by atoms with Gasteiger partial charge in [-0.25, -0.2) is 0 Å². The van der Waals surface area contributed by atoms with Crippen LogP contribution in [0.2, 0.25) is 0 Å². The van der Waals surface area contributed by atoms with E-state index in [1.54, 1.807) is 0 Å². The van der Waals surface area contributed by atoms with Gasteiger partial charge < -0.3 is 9.32 Å². The van der Waals surface area contributed by atoms with Gasteiger partial charge in [0.25, 0.3) is 0 Å². The minimum Gasteiger partial charge on any atom is -0.455 e. The summed E-state index contributed by atoms with van der Waals surface area (Å²) in [5.41, 5.74) is 27.1. The van der Waals surface area contributed by atoms with Gasteiger partial charge in [-0.3, -0.25) is 0 Å². The third-order valence-corrected chi connectivity index (χ3v) is 16.2. The molecule has 0 spiro atoms. The van der Waals surface area contributed by atoms with Crippen molar-refractivity contribution in [2.75, 3.05) is 4.90 Å². The lowest BCUT2D eigenvalue weighted by Crippen LogP contribution is -2.16. The lowest BCUT2D eigenvalue weighted by Gasteiger charge is -2.30. The molecule has 75 heavy (non-hydrogen) atoms. The molecule has 1 heterocycles. The minimum absolute atomic E-state index is 0.180. The van der Waals surface area contributed by atoms with Gasteiger partial charge in [0.1, 0.15) is 11.2 Å². The summed E-state index contributed by atoms with van der Waals surface area (Å²) in [6, 6.07) is 96.0. The molecule has 0 saturated heterocycles. The number of nitrogens with zero attached hydrogens (tertiary/aromatic N) is 1. The molecule has 0 aliphatic heterocycles. The molecule has 15 rings (SSSR count). The molecule has 2 heteroatoms. The maximum absolute atomic E-state index is 6.59. The van der Waals surface area contributed by atoms with Crippen molar-refractivity contribution in [3.63, 3.8) is 0 Å². The van der Waals surface area contributed by atoms with E-state index in [2.05, 4.69) is 274 Å². The second-order valence-corrected chi connectivity index (χ2v) is 20.6. The summed E-state index contributed by atoms with van der Waals surface area (Å²) in [7, 11) is 0. The van der Waals surface area contributed by atoms with Crippen molar-refractivity contribution in [1.82, 2.24) is 0 Å². The second-order valence-electron chi connectivity index (χ2n) is 20.6. The maximum Gasteiger partial charge on any atom is 0.143 e. The van der Waals surface area contributed by atoms with Crippen LogP contribution >= 0.6 is 0 Å². The summed E-state index contributed by atoms with van der Waals surface area (Å²) < 4.78 is 6.59. The Balaban J connectivity index is 1.03. The summed E-state index contributed by atoms with van der Waals surface area (Å²) in [4.78, 5) is 2.54. The Hall–Kier alpha value is -9.50. The topological polar surface area (TPSA) is 16.4 Å². The average Bonchev–Trinajstić information content (AvgIpc) is 4.10. The molecule has 0 bridgehead atoms. The molecule has 12 aromatic carbocycles. The second kappa shape index (κ2) is 16.8. The van der Waals surface area contributed by atoms with Crippen molar-refractivity contribution >= 4 is 49.8 Å². The molecule has 0 amide bonds. The minimum atomic E-state index is -0.180. The third kappa shape index (κ3) is 6.46. The molecule has 2 nitrogen and oxygen atoms in total. The molecule has 0 atom stereocenters. The highest BCUT2D eigenvalue weighted by Gasteiger charge is 2.39. The van der Waals surface area contributed by atoms with Gasteiger partial charge in [-0.2, -0.15) is 0 Å². The van der Waals surface area contributed by atoms with E-state index in [4.69, 9.17) is 4.42 Å². The van der Waals surface area contributed by atoms with Crippen LogP contribution in [0.4, 0.5) is 17.1 Å². The number of hydrogen-bond acceptors (Lipinski definition) is 2. The summed E-state index contributed by atoms with van der Waals surface area (Å²) >= 11 is 0. The smallest absolute Gasteiger partial charge is 0.143 e. The predicted molar refractivity (Wildman–Crippen MR) is 315 cm³/mol. The Labute approximate surface area is 437 Å². The van der Waals surface area contributed by atoms with Crippen LogP contribution in [-0.4, -0.2) is 0 Å². The van der Waals surface area contributed by atoms with Gasteiger partial charge in [0.15, 0.2) is 0 Å². The normalized spacial score (nSPS) is 12.8. The van der Waals surface area contributed by atoms with E-state index < -0.39 is 0 Å². The fourth-order valence-corrected chi connectivity index (χ4v) is 13.0. The van der Waals surface area contributed by atoms with Crippen LogP contribution in [0.15, 0.2) is 265 Å². The van der Waals surface area contributed by atoms with Crippen LogP contribution in [0.1, 0.15) is 25.0 Å². The molecule has 2 aliphatic carbocycles. The number of para-hydroxylation sites is 2. The molecular weight excluding hydrogens is 907 g/mol. The quantitative estimate of drug-likeness (QED) is 0.151. The van der Waals surface area contributed by atoms with E-state index in [1.807, 2.05) is 6.07 Å². The number of fused-ring (bicyclic) bond motifs is 9. The Bertz CT molecular complexity index is 4280.